The molecule has 0 amide bonds. The van der Waals surface area contributed by atoms with Crippen molar-refractivity contribution in [2.24, 2.45) is 16.0 Å². The smallest absolute Gasteiger partial charge is 0.184 e. The summed E-state index contributed by atoms with van der Waals surface area (Å²) in [5, 5.41) is 15.9. The molecule has 0 radical (unpaired) electrons. The fraction of sp³-hybridized carbons (Fsp3) is 0.100. The Balaban J connectivity index is 3.10. The van der Waals surface area contributed by atoms with E-state index < -0.39 is 0 Å². The van der Waals surface area contributed by atoms with E-state index in [1.54, 1.807) is 6.92 Å². The molecule has 0 saturated heterocycles. The van der Waals surface area contributed by atoms with Gasteiger partial charge in [-0.05, 0) is 31.3 Å². The number of hydrazone groups is 1. The van der Waals surface area contributed by atoms with E-state index in [0.717, 1.165) is 10.0 Å². The van der Waals surface area contributed by atoms with Gasteiger partial charge in [0.25, 0.3) is 0 Å². The molecule has 1 aromatic rings. The predicted molar refractivity (Wildman–Crippen MR) is 75.5 cm³/mol. The summed E-state index contributed by atoms with van der Waals surface area (Å²) in [6, 6.07) is 7.38. The van der Waals surface area contributed by atoms with Crippen molar-refractivity contribution in [2.75, 3.05) is 0 Å². The van der Waals surface area contributed by atoms with Crippen molar-refractivity contribution in [3.05, 3.63) is 34.3 Å². The predicted octanol–water partition coefficient (Wildman–Crippen LogP) is 1.84. The number of nitrogens with zero attached hydrogens (tertiary/aromatic N) is 2. The maximum absolute atomic E-state index is 8.79. The summed E-state index contributed by atoms with van der Waals surface area (Å²) in [6.45, 7) is 1.63. The Kier molecular flexibility index (Phi) is 5.05. The third-order valence-electron chi connectivity index (χ3n) is 1.89. The van der Waals surface area contributed by atoms with Crippen molar-refractivity contribution >= 4 is 44.7 Å². The van der Waals surface area contributed by atoms with Crippen LogP contribution >= 0.6 is 28.1 Å². The zero-order valence-corrected chi connectivity index (χ0v) is 11.4. The Bertz CT molecular complexity index is 470. The van der Waals surface area contributed by atoms with Crippen LogP contribution in [0.25, 0.3) is 0 Å². The summed E-state index contributed by atoms with van der Waals surface area (Å²) in [5.74, 6) is 0. The molecular weight excluding hydrogens is 304 g/mol. The fourth-order valence-electron chi connectivity index (χ4n) is 1.12. The maximum Gasteiger partial charge on any atom is 0.184 e. The lowest BCUT2D eigenvalue weighted by molar-refractivity contribution is 0.320. The number of nitrogens with one attached hydrogen (secondary N) is 1. The average Bonchev–Trinajstić information content (AvgIpc) is 2.30. The molecule has 0 aliphatic rings. The molecule has 1 aromatic carbocycles. The van der Waals surface area contributed by atoms with Crippen LogP contribution in [0.5, 0.6) is 0 Å². The number of hydrogen-bond donors (Lipinski definition) is 3. The largest absolute Gasteiger partial charge is 0.411 e. The molecule has 0 bridgehead atoms. The number of oxime groups is 1. The standard InChI is InChI=1S/C10H11BrN4OS/c1-6(15-16)9(13-14-10(12)17)7-2-4-8(11)5-3-7/h2-5,16H,1H3,(H3,12,14,17). The lowest BCUT2D eigenvalue weighted by Gasteiger charge is -2.06. The van der Waals surface area contributed by atoms with E-state index in [4.69, 9.17) is 10.9 Å². The van der Waals surface area contributed by atoms with Gasteiger partial charge in [-0.15, -0.1) is 0 Å². The van der Waals surface area contributed by atoms with E-state index >= 15 is 0 Å². The van der Waals surface area contributed by atoms with Crippen LogP contribution in [-0.2, 0) is 0 Å². The topological polar surface area (TPSA) is 83.0 Å². The van der Waals surface area contributed by atoms with Crippen LogP contribution in [-0.4, -0.2) is 21.7 Å². The molecule has 1 rings (SSSR count). The molecule has 17 heavy (non-hydrogen) atoms. The molecule has 0 spiro atoms. The normalized spacial score (nSPS) is 12.4. The van der Waals surface area contributed by atoms with Crippen molar-refractivity contribution in [1.29, 1.82) is 0 Å². The Morgan fingerprint density at radius 2 is 2.00 bits per heavy atom. The monoisotopic (exact) mass is 314 g/mol. The summed E-state index contributed by atoms with van der Waals surface area (Å²) in [6.07, 6.45) is 0. The number of nitrogens with two attached hydrogens (primary N) is 1. The van der Waals surface area contributed by atoms with Crippen molar-refractivity contribution < 1.29 is 5.21 Å². The molecule has 0 aliphatic heterocycles. The minimum Gasteiger partial charge on any atom is -0.411 e. The first-order valence-electron chi connectivity index (χ1n) is 4.62. The van der Waals surface area contributed by atoms with Crippen LogP contribution in [0.1, 0.15) is 12.5 Å². The van der Waals surface area contributed by atoms with Gasteiger partial charge in [0.15, 0.2) is 5.11 Å². The van der Waals surface area contributed by atoms with E-state index in [9.17, 15) is 0 Å². The Labute approximate surface area is 113 Å². The zero-order chi connectivity index (χ0) is 12.8. The number of hydrogen-bond acceptors (Lipinski definition) is 4. The fourth-order valence-corrected chi connectivity index (χ4v) is 1.43. The second kappa shape index (κ2) is 6.31. The first-order valence-corrected chi connectivity index (χ1v) is 5.83. The van der Waals surface area contributed by atoms with Gasteiger partial charge < -0.3 is 10.9 Å². The Morgan fingerprint density at radius 1 is 1.41 bits per heavy atom. The second-order valence-electron chi connectivity index (χ2n) is 3.13. The summed E-state index contributed by atoms with van der Waals surface area (Å²) in [5.41, 5.74) is 9.36. The highest BCUT2D eigenvalue weighted by Gasteiger charge is 2.08. The van der Waals surface area contributed by atoms with Crippen LogP contribution in [0.4, 0.5) is 0 Å². The quantitative estimate of drug-likeness (QED) is 0.344. The first kappa shape index (κ1) is 13.6. The van der Waals surface area contributed by atoms with Gasteiger partial charge in [0, 0.05) is 10.0 Å². The highest BCUT2D eigenvalue weighted by Crippen LogP contribution is 2.11. The van der Waals surface area contributed by atoms with Crippen molar-refractivity contribution in [3.8, 4) is 0 Å². The third kappa shape index (κ3) is 4.12. The van der Waals surface area contributed by atoms with Crippen LogP contribution in [0.3, 0.4) is 0 Å². The molecule has 0 heterocycles. The molecular formula is C10H11BrN4OS. The summed E-state index contributed by atoms with van der Waals surface area (Å²) < 4.78 is 0.946. The minimum absolute atomic E-state index is 0.0466. The minimum atomic E-state index is 0.0466. The SMILES string of the molecule is CC(=NO)C(=NNC(N)=S)c1ccc(Br)cc1. The van der Waals surface area contributed by atoms with Crippen LogP contribution in [0, 0.1) is 0 Å². The van der Waals surface area contributed by atoms with Crippen molar-refractivity contribution in [3.63, 3.8) is 0 Å². The van der Waals surface area contributed by atoms with Crippen LogP contribution in [0.15, 0.2) is 39.0 Å². The van der Waals surface area contributed by atoms with E-state index in [0.29, 0.717) is 11.4 Å². The molecule has 0 atom stereocenters. The van der Waals surface area contributed by atoms with E-state index in [1.807, 2.05) is 24.3 Å². The third-order valence-corrected chi connectivity index (χ3v) is 2.51. The summed E-state index contributed by atoms with van der Waals surface area (Å²) in [7, 11) is 0. The van der Waals surface area contributed by atoms with E-state index in [1.165, 1.54) is 0 Å². The van der Waals surface area contributed by atoms with Crippen LogP contribution in [0.2, 0.25) is 0 Å². The highest BCUT2D eigenvalue weighted by molar-refractivity contribution is 9.10. The molecule has 90 valence electrons. The molecule has 5 nitrogen and oxygen atoms in total. The Morgan fingerprint density at radius 3 is 2.47 bits per heavy atom. The van der Waals surface area contributed by atoms with Crippen LogP contribution < -0.4 is 11.2 Å². The lowest BCUT2D eigenvalue weighted by atomic mass is 10.1. The van der Waals surface area contributed by atoms with Gasteiger partial charge in [0.05, 0.1) is 0 Å². The molecule has 0 aromatic heterocycles. The number of halogens is 1. The highest BCUT2D eigenvalue weighted by atomic mass is 79.9. The van der Waals surface area contributed by atoms with Gasteiger partial charge in [-0.1, -0.05) is 33.2 Å². The molecule has 0 fully saturated rings. The number of rotatable bonds is 3. The van der Waals surface area contributed by atoms with E-state index in [2.05, 4.69) is 43.8 Å². The van der Waals surface area contributed by atoms with Crippen molar-refractivity contribution in [1.82, 2.24) is 5.43 Å². The van der Waals surface area contributed by atoms with Crippen molar-refractivity contribution in [2.45, 2.75) is 6.92 Å². The van der Waals surface area contributed by atoms with E-state index in [-0.39, 0.29) is 5.11 Å². The first-order chi connectivity index (χ1) is 8.04. The molecule has 4 N–H and O–H groups in total. The average molecular weight is 315 g/mol. The lowest BCUT2D eigenvalue weighted by Crippen LogP contribution is -2.27. The molecule has 0 unspecified atom stereocenters. The summed E-state index contributed by atoms with van der Waals surface area (Å²) in [4.78, 5) is 0. The summed E-state index contributed by atoms with van der Waals surface area (Å²) >= 11 is 7.99. The molecule has 7 heteroatoms. The number of thiocarbonyl (C=S) groups is 1. The second-order valence-corrected chi connectivity index (χ2v) is 4.48. The number of benzene rings is 1. The van der Waals surface area contributed by atoms with Gasteiger partial charge in [-0.25, -0.2) is 0 Å². The maximum atomic E-state index is 8.79. The van der Waals surface area contributed by atoms with Gasteiger partial charge in [0.2, 0.25) is 0 Å². The van der Waals surface area contributed by atoms with Gasteiger partial charge in [-0.2, -0.15) is 5.10 Å². The molecule has 0 aliphatic carbocycles. The Hall–Kier alpha value is -1.47. The van der Waals surface area contributed by atoms with Gasteiger partial charge in [-0.3, -0.25) is 5.43 Å². The van der Waals surface area contributed by atoms with Gasteiger partial charge in [0.1, 0.15) is 11.4 Å². The van der Waals surface area contributed by atoms with Gasteiger partial charge >= 0.3 is 0 Å². The molecule has 0 saturated carbocycles. The zero-order valence-electron chi connectivity index (χ0n) is 9.01.